The molecule has 1 atom stereocenters. The highest BCUT2D eigenvalue weighted by molar-refractivity contribution is 5.86. The maximum atomic E-state index is 12.8. The summed E-state index contributed by atoms with van der Waals surface area (Å²) < 4.78 is 5.41. The third kappa shape index (κ3) is 2.16. The Bertz CT molecular complexity index is 681. The fourth-order valence-electron chi connectivity index (χ4n) is 4.07. The Labute approximate surface area is 134 Å². The van der Waals surface area contributed by atoms with Gasteiger partial charge in [-0.1, -0.05) is 12.1 Å². The zero-order chi connectivity index (χ0) is 16.2. The van der Waals surface area contributed by atoms with Gasteiger partial charge in [0.15, 0.2) is 5.60 Å². The molecular weight excluding hydrogens is 296 g/mol. The molecule has 1 aromatic carbocycles. The first-order valence-corrected chi connectivity index (χ1v) is 8.03. The van der Waals surface area contributed by atoms with Crippen molar-refractivity contribution in [1.29, 1.82) is 0 Å². The van der Waals surface area contributed by atoms with Gasteiger partial charge in [0.1, 0.15) is 5.75 Å². The second kappa shape index (κ2) is 4.88. The minimum absolute atomic E-state index is 0.0766. The summed E-state index contributed by atoms with van der Waals surface area (Å²) >= 11 is 0. The van der Waals surface area contributed by atoms with Crippen LogP contribution in [0.1, 0.15) is 29.9 Å². The van der Waals surface area contributed by atoms with E-state index in [0.29, 0.717) is 19.6 Å². The zero-order valence-electron chi connectivity index (χ0n) is 13.1. The lowest BCUT2D eigenvalue weighted by molar-refractivity contribution is -0.152. The molecule has 0 saturated carbocycles. The number of nitrogens with zero attached hydrogens (tertiary/aromatic N) is 2. The van der Waals surface area contributed by atoms with Crippen LogP contribution in [-0.4, -0.2) is 59.2 Å². The van der Waals surface area contributed by atoms with Crippen LogP contribution in [0.4, 0.5) is 4.79 Å². The predicted octanol–water partition coefficient (Wildman–Crippen LogP) is 1.48. The number of benzene rings is 1. The second-order valence-electron chi connectivity index (χ2n) is 6.89. The van der Waals surface area contributed by atoms with Crippen LogP contribution in [0.15, 0.2) is 18.2 Å². The van der Waals surface area contributed by atoms with Gasteiger partial charge in [0.05, 0.1) is 25.6 Å². The van der Waals surface area contributed by atoms with Crippen molar-refractivity contribution < 1.29 is 19.4 Å². The van der Waals surface area contributed by atoms with Crippen molar-refractivity contribution in [2.45, 2.75) is 30.8 Å². The molecule has 23 heavy (non-hydrogen) atoms. The number of likely N-dealkylation sites (tertiary alicyclic amines) is 1. The molecule has 2 amide bonds. The number of phenols is 1. The van der Waals surface area contributed by atoms with Crippen LogP contribution in [0.5, 0.6) is 5.75 Å². The molecule has 6 nitrogen and oxygen atoms in total. The number of phenolic OH excluding ortho intramolecular Hbond substituents is 1. The number of fused-ring (bicyclic) bond motifs is 1. The number of carbonyl (C=O) groups excluding carboxylic acids is 2. The monoisotopic (exact) mass is 316 g/mol. The van der Waals surface area contributed by atoms with Gasteiger partial charge in [-0.25, -0.2) is 4.79 Å². The van der Waals surface area contributed by atoms with Crippen LogP contribution < -0.4 is 0 Å². The molecule has 2 aliphatic heterocycles. The van der Waals surface area contributed by atoms with E-state index in [-0.39, 0.29) is 23.7 Å². The van der Waals surface area contributed by atoms with Crippen LogP contribution >= 0.6 is 0 Å². The number of ether oxygens (including phenoxy) is 1. The number of aromatic hydroxyl groups is 1. The van der Waals surface area contributed by atoms with Crippen LogP contribution in [0.2, 0.25) is 0 Å². The molecule has 2 saturated heterocycles. The molecular formula is C17H20N2O4. The van der Waals surface area contributed by atoms with Crippen molar-refractivity contribution >= 4 is 12.0 Å². The highest BCUT2D eigenvalue weighted by atomic mass is 16.6. The smallest absolute Gasteiger partial charge is 0.410 e. The van der Waals surface area contributed by atoms with Gasteiger partial charge in [0.25, 0.3) is 0 Å². The van der Waals surface area contributed by atoms with Crippen LogP contribution in [0, 0.1) is 0 Å². The number of amides is 2. The predicted molar refractivity (Wildman–Crippen MR) is 82.2 cm³/mol. The van der Waals surface area contributed by atoms with Crippen molar-refractivity contribution in [2.24, 2.45) is 0 Å². The van der Waals surface area contributed by atoms with E-state index in [1.54, 1.807) is 29.0 Å². The maximum absolute atomic E-state index is 12.8. The van der Waals surface area contributed by atoms with E-state index in [9.17, 15) is 14.7 Å². The van der Waals surface area contributed by atoms with Crippen molar-refractivity contribution in [3.05, 3.63) is 29.3 Å². The quantitative estimate of drug-likeness (QED) is 0.852. The van der Waals surface area contributed by atoms with Gasteiger partial charge in [-0.3, -0.25) is 4.79 Å². The molecule has 4 rings (SSSR count). The lowest BCUT2D eigenvalue weighted by Crippen LogP contribution is -2.66. The molecule has 0 radical (unpaired) electrons. The molecule has 6 heteroatoms. The summed E-state index contributed by atoms with van der Waals surface area (Å²) in [6.45, 7) is 1.47. The third-order valence-electron chi connectivity index (χ3n) is 5.19. The fourth-order valence-corrected chi connectivity index (χ4v) is 4.07. The summed E-state index contributed by atoms with van der Waals surface area (Å²) in [7, 11) is 1.71. The average Bonchev–Trinajstić information content (AvgIpc) is 2.81. The van der Waals surface area contributed by atoms with Crippen molar-refractivity contribution in [3.63, 3.8) is 0 Å². The summed E-state index contributed by atoms with van der Waals surface area (Å²) in [5, 5.41) is 10.0. The van der Waals surface area contributed by atoms with E-state index in [1.807, 2.05) is 6.07 Å². The van der Waals surface area contributed by atoms with Gasteiger partial charge in [0.2, 0.25) is 5.91 Å². The molecule has 1 aliphatic carbocycles. The number of hydrogen-bond acceptors (Lipinski definition) is 4. The topological polar surface area (TPSA) is 70.1 Å². The Hall–Kier alpha value is -2.24. The zero-order valence-corrected chi connectivity index (χ0v) is 13.1. The third-order valence-corrected chi connectivity index (χ3v) is 5.19. The van der Waals surface area contributed by atoms with Crippen molar-refractivity contribution in [2.75, 3.05) is 26.7 Å². The van der Waals surface area contributed by atoms with Crippen LogP contribution in [0.3, 0.4) is 0 Å². The van der Waals surface area contributed by atoms with Crippen LogP contribution in [-0.2, 0) is 16.0 Å². The minimum Gasteiger partial charge on any atom is -0.508 e. The minimum atomic E-state index is -0.516. The molecule has 3 aliphatic rings. The van der Waals surface area contributed by atoms with Gasteiger partial charge in [0, 0.05) is 7.05 Å². The number of carbonyl (C=O) groups is 2. The van der Waals surface area contributed by atoms with E-state index >= 15 is 0 Å². The van der Waals surface area contributed by atoms with Crippen molar-refractivity contribution in [3.8, 4) is 5.75 Å². The molecule has 1 unspecified atom stereocenters. The summed E-state index contributed by atoms with van der Waals surface area (Å²) in [5.74, 6) is 0.164. The number of rotatable bonds is 1. The van der Waals surface area contributed by atoms with Gasteiger partial charge in [-0.05, 0) is 36.5 Å². The van der Waals surface area contributed by atoms with Gasteiger partial charge >= 0.3 is 6.09 Å². The summed E-state index contributed by atoms with van der Waals surface area (Å²) in [6.07, 6.45) is 2.21. The summed E-state index contributed by atoms with van der Waals surface area (Å²) in [4.78, 5) is 27.7. The molecule has 2 fully saturated rings. The Balaban J connectivity index is 1.50. The highest BCUT2D eigenvalue weighted by Gasteiger charge is 2.55. The number of likely N-dealkylation sites (N-methyl/N-ethyl adjacent to an activating group) is 1. The van der Waals surface area contributed by atoms with E-state index in [2.05, 4.69) is 0 Å². The first kappa shape index (κ1) is 14.4. The maximum Gasteiger partial charge on any atom is 0.410 e. The van der Waals surface area contributed by atoms with E-state index in [0.717, 1.165) is 30.4 Å². The molecule has 1 aromatic rings. The lowest BCUT2D eigenvalue weighted by atomic mass is 9.80. The Morgan fingerprint density at radius 3 is 2.83 bits per heavy atom. The molecule has 2 heterocycles. The summed E-state index contributed by atoms with van der Waals surface area (Å²) in [6, 6.07) is 5.42. The van der Waals surface area contributed by atoms with E-state index < -0.39 is 5.60 Å². The van der Waals surface area contributed by atoms with Gasteiger partial charge < -0.3 is 19.6 Å². The Morgan fingerprint density at radius 2 is 2.13 bits per heavy atom. The van der Waals surface area contributed by atoms with E-state index in [1.165, 1.54) is 0 Å². The average molecular weight is 316 g/mol. The fraction of sp³-hybridized carbons (Fsp3) is 0.529. The molecule has 1 N–H and O–H groups in total. The lowest BCUT2D eigenvalue weighted by Gasteiger charge is -2.47. The highest BCUT2D eigenvalue weighted by Crippen LogP contribution is 2.40. The molecule has 122 valence electrons. The largest absolute Gasteiger partial charge is 0.508 e. The molecule has 1 spiro atoms. The first-order valence-electron chi connectivity index (χ1n) is 8.03. The Morgan fingerprint density at radius 1 is 1.35 bits per heavy atom. The van der Waals surface area contributed by atoms with Gasteiger partial charge in [-0.15, -0.1) is 0 Å². The standard InChI is InChI=1S/C17H20N2O4/c1-18-8-17(23-16(18)22)9-19(10-17)15(21)13-6-2-5-12-11(13)4-3-7-14(12)20/h3-4,7,13,20H,2,5-6,8-10H2,1H3. The molecule has 0 bridgehead atoms. The van der Waals surface area contributed by atoms with E-state index in [4.69, 9.17) is 4.74 Å². The van der Waals surface area contributed by atoms with Gasteiger partial charge in [-0.2, -0.15) is 0 Å². The van der Waals surface area contributed by atoms with Crippen molar-refractivity contribution in [1.82, 2.24) is 9.80 Å². The second-order valence-corrected chi connectivity index (χ2v) is 6.89. The number of hydrogen-bond donors (Lipinski definition) is 1. The SMILES string of the molecule is CN1CC2(CN(C(=O)C3CCCc4c(O)cccc43)C2)OC1=O. The van der Waals surface area contributed by atoms with Crippen LogP contribution in [0.25, 0.3) is 0 Å². The summed E-state index contributed by atoms with van der Waals surface area (Å²) in [5.41, 5.74) is 1.33. The Kier molecular flexibility index (Phi) is 3.04. The first-order chi connectivity index (χ1) is 11.0. The normalized spacial score (nSPS) is 25.1. The molecule has 0 aromatic heterocycles.